The van der Waals surface area contributed by atoms with Crippen LogP contribution < -0.4 is 10.3 Å². The normalized spacial score (nSPS) is 15.5. The number of aromatic amines is 1. The Morgan fingerprint density at radius 3 is 2.58 bits per heavy atom. The molecule has 0 bridgehead atoms. The van der Waals surface area contributed by atoms with E-state index in [1.807, 2.05) is 62.4 Å². The Labute approximate surface area is 191 Å². The Hall–Kier alpha value is -4.01. The van der Waals surface area contributed by atoms with E-state index in [-0.39, 0.29) is 30.6 Å². The van der Waals surface area contributed by atoms with E-state index >= 15 is 0 Å². The summed E-state index contributed by atoms with van der Waals surface area (Å²) in [7, 11) is 0. The molecule has 0 saturated carbocycles. The quantitative estimate of drug-likeness (QED) is 0.535. The zero-order chi connectivity index (χ0) is 23.4. The highest BCUT2D eigenvalue weighted by Crippen LogP contribution is 2.29. The van der Waals surface area contributed by atoms with Gasteiger partial charge < -0.3 is 10.1 Å². The van der Waals surface area contributed by atoms with E-state index in [1.54, 1.807) is 18.0 Å². The van der Waals surface area contributed by atoms with Gasteiger partial charge in [-0.15, -0.1) is 0 Å². The fourth-order valence-electron chi connectivity index (χ4n) is 3.53. The standard InChI is InChI=1S/C24H26N6O3/c1-4-33-24(32)19-14-20(30(29-19)16-10-6-5-7-11-16)23(31)25-18-13-9-8-12-17(18)22-26-21(15(2)3)27-28-22/h5-13,15,20H,4,14H2,1-3H3,(H,25,31)(H,26,27,28). The predicted octanol–water partition coefficient (Wildman–Crippen LogP) is 3.73. The number of amides is 1. The highest BCUT2D eigenvalue weighted by molar-refractivity contribution is 6.38. The van der Waals surface area contributed by atoms with E-state index in [1.165, 1.54) is 0 Å². The van der Waals surface area contributed by atoms with Gasteiger partial charge in [-0.3, -0.25) is 14.9 Å². The van der Waals surface area contributed by atoms with Gasteiger partial charge in [0.15, 0.2) is 5.82 Å². The molecule has 33 heavy (non-hydrogen) atoms. The molecule has 0 aliphatic carbocycles. The first-order valence-corrected chi connectivity index (χ1v) is 10.9. The van der Waals surface area contributed by atoms with Crippen LogP contribution in [0, 0.1) is 0 Å². The molecule has 0 fully saturated rings. The number of carbonyl (C=O) groups is 2. The lowest BCUT2D eigenvalue weighted by molar-refractivity contribution is -0.135. The summed E-state index contributed by atoms with van der Waals surface area (Å²) in [6.45, 7) is 6.02. The predicted molar refractivity (Wildman–Crippen MR) is 126 cm³/mol. The van der Waals surface area contributed by atoms with Gasteiger partial charge in [0.25, 0.3) is 0 Å². The SMILES string of the molecule is CCOC(=O)C1=NN(c2ccccc2)C(C(=O)Nc2ccccc2-c2n[nH]c(C(C)C)n2)C1. The molecule has 1 aliphatic heterocycles. The number of carbonyl (C=O) groups excluding carboxylic acids is 2. The summed E-state index contributed by atoms with van der Waals surface area (Å²) in [5.41, 5.74) is 2.20. The molecule has 1 aromatic heterocycles. The number of benzene rings is 2. The van der Waals surface area contributed by atoms with Crippen LogP contribution in [-0.2, 0) is 14.3 Å². The van der Waals surface area contributed by atoms with E-state index < -0.39 is 12.0 Å². The van der Waals surface area contributed by atoms with Gasteiger partial charge in [0.05, 0.1) is 18.0 Å². The summed E-state index contributed by atoms with van der Waals surface area (Å²) in [6, 6.07) is 15.9. The summed E-state index contributed by atoms with van der Waals surface area (Å²) in [5.74, 6) is 0.656. The summed E-state index contributed by atoms with van der Waals surface area (Å²) >= 11 is 0. The molecule has 0 saturated heterocycles. The van der Waals surface area contributed by atoms with Crippen molar-refractivity contribution < 1.29 is 14.3 Å². The number of hydrogen-bond donors (Lipinski definition) is 2. The number of aromatic nitrogens is 3. The number of rotatable bonds is 7. The van der Waals surface area contributed by atoms with Crippen LogP contribution in [0.2, 0.25) is 0 Å². The topological polar surface area (TPSA) is 113 Å². The summed E-state index contributed by atoms with van der Waals surface area (Å²) in [5, 5.41) is 16.2. The average Bonchev–Trinajstić information content (AvgIpc) is 3.48. The first-order chi connectivity index (χ1) is 16.0. The highest BCUT2D eigenvalue weighted by Gasteiger charge is 2.37. The monoisotopic (exact) mass is 446 g/mol. The number of hydrogen-bond acceptors (Lipinski definition) is 7. The molecule has 170 valence electrons. The maximum Gasteiger partial charge on any atom is 0.354 e. The third-order valence-electron chi connectivity index (χ3n) is 5.22. The lowest BCUT2D eigenvalue weighted by atomic mass is 10.1. The average molecular weight is 447 g/mol. The summed E-state index contributed by atoms with van der Waals surface area (Å²) < 4.78 is 5.11. The van der Waals surface area contributed by atoms with E-state index in [0.717, 1.165) is 5.82 Å². The smallest absolute Gasteiger partial charge is 0.354 e. The highest BCUT2D eigenvalue weighted by atomic mass is 16.5. The second-order valence-corrected chi connectivity index (χ2v) is 7.90. The van der Waals surface area contributed by atoms with Gasteiger partial charge in [-0.05, 0) is 31.2 Å². The first-order valence-electron chi connectivity index (χ1n) is 10.9. The number of anilines is 2. The molecule has 1 unspecified atom stereocenters. The van der Waals surface area contributed by atoms with E-state index in [4.69, 9.17) is 4.74 Å². The number of nitrogens with zero attached hydrogens (tertiary/aromatic N) is 4. The molecule has 0 radical (unpaired) electrons. The summed E-state index contributed by atoms with van der Waals surface area (Å²) in [6.07, 6.45) is 0.139. The van der Waals surface area contributed by atoms with Crippen LogP contribution >= 0.6 is 0 Å². The molecule has 2 aromatic carbocycles. The van der Waals surface area contributed by atoms with Crippen LogP contribution in [0.3, 0.4) is 0 Å². The Morgan fingerprint density at radius 1 is 1.15 bits per heavy atom. The molecule has 4 rings (SSSR count). The first kappa shape index (κ1) is 22.2. The lowest BCUT2D eigenvalue weighted by Gasteiger charge is -2.23. The number of para-hydroxylation sites is 2. The fourth-order valence-corrected chi connectivity index (χ4v) is 3.53. The second kappa shape index (κ2) is 9.64. The van der Waals surface area contributed by atoms with Crippen molar-refractivity contribution in [3.8, 4) is 11.4 Å². The van der Waals surface area contributed by atoms with Crippen molar-refractivity contribution in [3.05, 3.63) is 60.4 Å². The Morgan fingerprint density at radius 2 is 1.88 bits per heavy atom. The van der Waals surface area contributed by atoms with Crippen LogP contribution in [0.1, 0.15) is 38.9 Å². The van der Waals surface area contributed by atoms with Crippen LogP contribution in [0.25, 0.3) is 11.4 Å². The minimum Gasteiger partial charge on any atom is -0.461 e. The van der Waals surface area contributed by atoms with Crippen molar-refractivity contribution in [1.82, 2.24) is 15.2 Å². The maximum absolute atomic E-state index is 13.4. The third-order valence-corrected chi connectivity index (χ3v) is 5.22. The molecular weight excluding hydrogens is 420 g/mol. The minimum atomic E-state index is -0.710. The number of nitrogens with one attached hydrogen (secondary N) is 2. The number of hydrazone groups is 1. The molecule has 0 spiro atoms. The minimum absolute atomic E-state index is 0.139. The van der Waals surface area contributed by atoms with Gasteiger partial charge in [-0.1, -0.05) is 44.2 Å². The fraction of sp³-hybridized carbons (Fsp3) is 0.292. The number of ether oxygens (including phenoxy) is 1. The molecule has 9 nitrogen and oxygen atoms in total. The van der Waals surface area contributed by atoms with Crippen LogP contribution in [-0.4, -0.2) is 45.4 Å². The second-order valence-electron chi connectivity index (χ2n) is 7.90. The van der Waals surface area contributed by atoms with Gasteiger partial charge in [0, 0.05) is 17.9 Å². The Bertz CT molecular complexity index is 1170. The number of H-pyrrole nitrogens is 1. The zero-order valence-electron chi connectivity index (χ0n) is 18.8. The lowest BCUT2D eigenvalue weighted by Crippen LogP contribution is -2.39. The van der Waals surface area contributed by atoms with Crippen LogP contribution in [0.15, 0.2) is 59.7 Å². The zero-order valence-corrected chi connectivity index (χ0v) is 18.8. The largest absolute Gasteiger partial charge is 0.461 e. The Kier molecular flexibility index (Phi) is 6.48. The molecular formula is C24H26N6O3. The molecule has 1 amide bonds. The van der Waals surface area contributed by atoms with Crippen molar-refractivity contribution in [2.45, 2.75) is 39.2 Å². The van der Waals surface area contributed by atoms with Crippen LogP contribution in [0.5, 0.6) is 0 Å². The molecule has 1 aliphatic rings. The molecule has 9 heteroatoms. The van der Waals surface area contributed by atoms with Crippen molar-refractivity contribution in [2.24, 2.45) is 5.10 Å². The van der Waals surface area contributed by atoms with Crippen molar-refractivity contribution in [1.29, 1.82) is 0 Å². The van der Waals surface area contributed by atoms with Gasteiger partial charge >= 0.3 is 5.97 Å². The van der Waals surface area contributed by atoms with Gasteiger partial charge in [0.2, 0.25) is 5.91 Å². The van der Waals surface area contributed by atoms with Crippen LogP contribution in [0.4, 0.5) is 11.4 Å². The van der Waals surface area contributed by atoms with E-state index in [9.17, 15) is 9.59 Å². The molecule has 1 atom stereocenters. The Balaban J connectivity index is 1.60. The van der Waals surface area contributed by atoms with Gasteiger partial charge in [0.1, 0.15) is 17.6 Å². The number of esters is 1. The summed E-state index contributed by atoms with van der Waals surface area (Å²) in [4.78, 5) is 30.3. The van der Waals surface area contributed by atoms with Crippen molar-refractivity contribution in [3.63, 3.8) is 0 Å². The van der Waals surface area contributed by atoms with E-state index in [0.29, 0.717) is 22.8 Å². The van der Waals surface area contributed by atoms with Crippen molar-refractivity contribution in [2.75, 3.05) is 16.9 Å². The van der Waals surface area contributed by atoms with E-state index in [2.05, 4.69) is 25.6 Å². The van der Waals surface area contributed by atoms with Crippen molar-refractivity contribution >= 4 is 29.0 Å². The third kappa shape index (κ3) is 4.77. The molecule has 2 heterocycles. The van der Waals surface area contributed by atoms with Gasteiger partial charge in [-0.25, -0.2) is 9.78 Å². The maximum atomic E-state index is 13.4. The molecule has 3 aromatic rings. The van der Waals surface area contributed by atoms with Gasteiger partial charge in [-0.2, -0.15) is 10.2 Å². The molecule has 2 N–H and O–H groups in total.